The molecule has 0 saturated carbocycles. The molecule has 0 aliphatic carbocycles. The monoisotopic (exact) mass is 388 g/mol. The molecule has 8 heteroatoms. The van der Waals surface area contributed by atoms with E-state index in [2.05, 4.69) is 9.71 Å². The number of sulfonamides is 1. The van der Waals surface area contributed by atoms with E-state index in [0.717, 1.165) is 10.7 Å². The molecule has 1 aromatic heterocycles. The number of aromatic nitrogens is 1. The topological polar surface area (TPSA) is 96.4 Å². The minimum atomic E-state index is -3.88. The third kappa shape index (κ3) is 3.76. The number of benzene rings is 2. The molecule has 0 aliphatic rings. The third-order valence-corrected chi connectivity index (χ3v) is 6.05. The van der Waals surface area contributed by atoms with Crippen molar-refractivity contribution in [1.82, 2.24) is 4.98 Å². The van der Waals surface area contributed by atoms with Crippen molar-refractivity contribution in [2.75, 3.05) is 4.72 Å². The van der Waals surface area contributed by atoms with Crippen LogP contribution in [0.25, 0.3) is 11.3 Å². The van der Waals surface area contributed by atoms with Gasteiger partial charge in [-0.1, -0.05) is 18.2 Å². The lowest BCUT2D eigenvalue weighted by atomic mass is 10.1. The van der Waals surface area contributed by atoms with Crippen LogP contribution in [0.1, 0.15) is 20.9 Å². The van der Waals surface area contributed by atoms with Crippen LogP contribution in [0, 0.1) is 13.8 Å². The molecule has 26 heavy (non-hydrogen) atoms. The van der Waals surface area contributed by atoms with E-state index in [1.165, 1.54) is 35.6 Å². The van der Waals surface area contributed by atoms with Crippen LogP contribution >= 0.6 is 11.3 Å². The average molecular weight is 388 g/mol. The fraction of sp³-hybridized carbons (Fsp3) is 0.111. The zero-order chi connectivity index (χ0) is 18.9. The molecule has 0 radical (unpaired) electrons. The van der Waals surface area contributed by atoms with E-state index in [-0.39, 0.29) is 16.1 Å². The fourth-order valence-electron chi connectivity index (χ4n) is 2.47. The van der Waals surface area contributed by atoms with Crippen LogP contribution in [0.4, 0.5) is 5.69 Å². The second-order valence-electron chi connectivity index (χ2n) is 5.72. The quantitative estimate of drug-likeness (QED) is 0.690. The number of aryl methyl sites for hydroxylation is 2. The van der Waals surface area contributed by atoms with Gasteiger partial charge in [0.15, 0.2) is 0 Å². The van der Waals surface area contributed by atoms with E-state index in [4.69, 9.17) is 5.11 Å². The van der Waals surface area contributed by atoms with Crippen LogP contribution in [-0.2, 0) is 10.0 Å². The zero-order valence-corrected chi connectivity index (χ0v) is 15.7. The summed E-state index contributed by atoms with van der Waals surface area (Å²) in [5, 5.41) is 11.8. The molecule has 2 aromatic carbocycles. The van der Waals surface area contributed by atoms with Gasteiger partial charge in [-0.25, -0.2) is 18.2 Å². The molecule has 6 nitrogen and oxygen atoms in total. The molecule has 0 bridgehead atoms. The van der Waals surface area contributed by atoms with Gasteiger partial charge in [0.1, 0.15) is 0 Å². The van der Waals surface area contributed by atoms with Gasteiger partial charge in [-0.2, -0.15) is 0 Å². The van der Waals surface area contributed by atoms with Gasteiger partial charge in [-0.05, 0) is 43.7 Å². The Balaban J connectivity index is 1.99. The number of carboxylic acids is 1. The third-order valence-electron chi connectivity index (χ3n) is 3.75. The number of thiazole rings is 1. The molecule has 3 rings (SSSR count). The van der Waals surface area contributed by atoms with E-state index in [1.54, 1.807) is 19.1 Å². The number of hydrogen-bond donors (Lipinski definition) is 2. The summed E-state index contributed by atoms with van der Waals surface area (Å²) in [4.78, 5) is 15.6. The Morgan fingerprint density at radius 1 is 1.15 bits per heavy atom. The molecule has 0 spiro atoms. The first-order valence-corrected chi connectivity index (χ1v) is 10.0. The highest BCUT2D eigenvalue weighted by Gasteiger charge is 2.19. The van der Waals surface area contributed by atoms with E-state index in [1.807, 2.05) is 18.4 Å². The highest BCUT2D eigenvalue weighted by molar-refractivity contribution is 7.92. The van der Waals surface area contributed by atoms with Crippen molar-refractivity contribution in [1.29, 1.82) is 0 Å². The maximum Gasteiger partial charge on any atom is 0.335 e. The SMILES string of the molecule is Cc1nc(-c2ccc(C)c(S(=O)(=O)Nc3cccc(C(=O)O)c3)c2)cs1. The van der Waals surface area contributed by atoms with Crippen LogP contribution in [0.15, 0.2) is 52.7 Å². The van der Waals surface area contributed by atoms with Crippen molar-refractivity contribution < 1.29 is 18.3 Å². The van der Waals surface area contributed by atoms with Crippen LogP contribution in [0.5, 0.6) is 0 Å². The van der Waals surface area contributed by atoms with Crippen LogP contribution in [0.2, 0.25) is 0 Å². The predicted molar refractivity (Wildman–Crippen MR) is 101 cm³/mol. The lowest BCUT2D eigenvalue weighted by Crippen LogP contribution is -2.14. The summed E-state index contributed by atoms with van der Waals surface area (Å²) in [5.74, 6) is -1.12. The Kier molecular flexibility index (Phi) is 4.80. The Labute approximate surface area is 155 Å². The summed E-state index contributed by atoms with van der Waals surface area (Å²) < 4.78 is 28.1. The second kappa shape index (κ2) is 6.89. The Bertz CT molecular complexity index is 1090. The van der Waals surface area contributed by atoms with E-state index < -0.39 is 16.0 Å². The fourth-order valence-corrected chi connectivity index (χ4v) is 4.41. The predicted octanol–water partition coefficient (Wildman–Crippen LogP) is 3.93. The largest absolute Gasteiger partial charge is 0.478 e. The summed E-state index contributed by atoms with van der Waals surface area (Å²) >= 11 is 1.49. The first-order chi connectivity index (χ1) is 12.3. The number of carboxylic acid groups (broad SMARTS) is 1. The highest BCUT2D eigenvalue weighted by Crippen LogP contribution is 2.27. The Morgan fingerprint density at radius 2 is 1.92 bits per heavy atom. The second-order valence-corrected chi connectivity index (χ2v) is 8.44. The summed E-state index contributed by atoms with van der Waals surface area (Å²) in [6.07, 6.45) is 0. The molecule has 134 valence electrons. The van der Waals surface area contributed by atoms with Crippen LogP contribution in [0.3, 0.4) is 0 Å². The van der Waals surface area contributed by atoms with Crippen molar-refractivity contribution in [3.8, 4) is 11.3 Å². The molecule has 2 N–H and O–H groups in total. The highest BCUT2D eigenvalue weighted by atomic mass is 32.2. The number of nitrogens with one attached hydrogen (secondary N) is 1. The lowest BCUT2D eigenvalue weighted by Gasteiger charge is -2.12. The normalized spacial score (nSPS) is 11.3. The molecular formula is C18H16N2O4S2. The van der Waals surface area contributed by atoms with Gasteiger partial charge in [0.25, 0.3) is 10.0 Å². The van der Waals surface area contributed by atoms with Gasteiger partial charge in [-0.15, -0.1) is 11.3 Å². The van der Waals surface area contributed by atoms with Gasteiger partial charge in [-0.3, -0.25) is 4.72 Å². The van der Waals surface area contributed by atoms with Crippen LogP contribution < -0.4 is 4.72 Å². The summed E-state index contributed by atoms with van der Waals surface area (Å²) in [6, 6.07) is 10.8. The minimum Gasteiger partial charge on any atom is -0.478 e. The van der Waals surface area contributed by atoms with Gasteiger partial charge < -0.3 is 5.11 Å². The Hall–Kier alpha value is -2.71. The summed E-state index contributed by atoms with van der Waals surface area (Å²) in [7, 11) is -3.88. The van der Waals surface area contributed by atoms with Crippen molar-refractivity contribution in [2.24, 2.45) is 0 Å². The first-order valence-electron chi connectivity index (χ1n) is 7.65. The molecule has 0 aliphatic heterocycles. The van der Waals surface area contributed by atoms with Gasteiger partial charge >= 0.3 is 5.97 Å². The zero-order valence-electron chi connectivity index (χ0n) is 14.1. The minimum absolute atomic E-state index is 0.00798. The average Bonchev–Trinajstić information content (AvgIpc) is 3.01. The van der Waals surface area contributed by atoms with E-state index in [9.17, 15) is 13.2 Å². The van der Waals surface area contributed by atoms with Gasteiger partial charge in [0, 0.05) is 16.6 Å². The molecule has 0 fully saturated rings. The standard InChI is InChI=1S/C18H16N2O4S2/c1-11-6-7-13(16-10-25-12(2)19-16)9-17(11)26(23,24)20-15-5-3-4-14(8-15)18(21)22/h3-10,20H,1-2H3,(H,21,22). The molecular weight excluding hydrogens is 372 g/mol. The van der Waals surface area contributed by atoms with E-state index in [0.29, 0.717) is 11.1 Å². The van der Waals surface area contributed by atoms with Crippen molar-refractivity contribution in [3.05, 3.63) is 64.0 Å². The molecule has 1 heterocycles. The smallest absolute Gasteiger partial charge is 0.335 e. The number of anilines is 1. The van der Waals surface area contributed by atoms with Crippen molar-refractivity contribution in [2.45, 2.75) is 18.7 Å². The molecule has 0 atom stereocenters. The van der Waals surface area contributed by atoms with Gasteiger partial charge in [0.2, 0.25) is 0 Å². The number of carbonyl (C=O) groups is 1. The van der Waals surface area contributed by atoms with Crippen molar-refractivity contribution >= 4 is 33.0 Å². The first kappa shape index (κ1) is 18.1. The number of nitrogens with zero attached hydrogens (tertiary/aromatic N) is 1. The number of rotatable bonds is 5. The number of hydrogen-bond acceptors (Lipinski definition) is 5. The van der Waals surface area contributed by atoms with Gasteiger partial charge in [0.05, 0.1) is 21.2 Å². The molecule has 3 aromatic rings. The lowest BCUT2D eigenvalue weighted by molar-refractivity contribution is 0.0697. The number of aromatic carboxylic acids is 1. The summed E-state index contributed by atoms with van der Waals surface area (Å²) in [6.45, 7) is 3.59. The molecule has 0 amide bonds. The molecule has 0 saturated heterocycles. The van der Waals surface area contributed by atoms with Crippen LogP contribution in [-0.4, -0.2) is 24.5 Å². The maximum atomic E-state index is 12.8. The van der Waals surface area contributed by atoms with E-state index >= 15 is 0 Å². The Morgan fingerprint density at radius 3 is 2.58 bits per heavy atom. The molecule has 0 unspecified atom stereocenters. The van der Waals surface area contributed by atoms with Crippen molar-refractivity contribution in [3.63, 3.8) is 0 Å². The maximum absolute atomic E-state index is 12.8. The summed E-state index contributed by atoms with van der Waals surface area (Å²) in [5.41, 5.74) is 2.21.